The minimum atomic E-state index is -0.764. The van der Waals surface area contributed by atoms with E-state index in [1.54, 1.807) is 0 Å². The highest BCUT2D eigenvalue weighted by Gasteiger charge is 2.06. The van der Waals surface area contributed by atoms with Crippen molar-refractivity contribution in [2.45, 2.75) is 0 Å². The molecule has 0 spiro atoms. The third-order valence-electron chi connectivity index (χ3n) is 1.55. The van der Waals surface area contributed by atoms with Crippen LogP contribution in [0.3, 0.4) is 0 Å². The number of nitrogens with one attached hydrogen (secondary N) is 1. The van der Waals surface area contributed by atoms with E-state index < -0.39 is 11.6 Å². The van der Waals surface area contributed by atoms with E-state index in [2.05, 4.69) is 5.32 Å². The predicted octanol–water partition coefficient (Wildman–Crippen LogP) is 0.918. The molecule has 0 aliphatic heterocycles. The van der Waals surface area contributed by atoms with Gasteiger partial charge in [0.1, 0.15) is 5.82 Å². The highest BCUT2D eigenvalue weighted by atomic mass is 19.1. The second-order valence-electron chi connectivity index (χ2n) is 2.56. The maximum absolute atomic E-state index is 12.8. The molecule has 5 heteroatoms. The number of rotatable bonds is 3. The van der Waals surface area contributed by atoms with Gasteiger partial charge in [0.2, 0.25) is 0 Å². The molecule has 0 saturated heterocycles. The molecule has 3 nitrogen and oxygen atoms in total. The summed E-state index contributed by atoms with van der Waals surface area (Å²) in [6.45, 7) is 0.796. The van der Waals surface area contributed by atoms with E-state index in [4.69, 9.17) is 11.5 Å². The monoisotopic (exact) mass is 187 g/mol. The predicted molar refractivity (Wildman–Crippen MR) is 48.3 cm³/mol. The average molecular weight is 187 g/mol. The van der Waals surface area contributed by atoms with Crippen molar-refractivity contribution in [1.82, 2.24) is 0 Å². The molecule has 0 saturated carbocycles. The Morgan fingerprint density at radius 3 is 2.62 bits per heavy atom. The molecule has 13 heavy (non-hydrogen) atoms. The fraction of sp³-hybridized carbons (Fsp3) is 0.250. The lowest BCUT2D eigenvalue weighted by Crippen LogP contribution is -2.14. The molecule has 0 unspecified atom stereocenters. The first kappa shape index (κ1) is 9.73. The fourth-order valence-electron chi connectivity index (χ4n) is 0.938. The Balaban J connectivity index is 2.92. The molecule has 1 rings (SSSR count). The Morgan fingerprint density at radius 2 is 2.00 bits per heavy atom. The van der Waals surface area contributed by atoms with Gasteiger partial charge in [-0.15, -0.1) is 0 Å². The second kappa shape index (κ2) is 4.04. The van der Waals surface area contributed by atoms with Gasteiger partial charge in [0, 0.05) is 19.2 Å². The molecule has 0 aliphatic rings. The number of halogens is 2. The summed E-state index contributed by atoms with van der Waals surface area (Å²) in [6.07, 6.45) is 0. The minimum Gasteiger partial charge on any atom is -0.395 e. The zero-order valence-corrected chi connectivity index (χ0v) is 6.98. The first-order valence-corrected chi connectivity index (χ1v) is 3.83. The van der Waals surface area contributed by atoms with Gasteiger partial charge in [-0.05, 0) is 6.07 Å². The Labute approximate surface area is 74.7 Å². The fourth-order valence-corrected chi connectivity index (χ4v) is 0.938. The van der Waals surface area contributed by atoms with Crippen LogP contribution in [0.2, 0.25) is 0 Å². The number of hydrogen-bond acceptors (Lipinski definition) is 3. The smallest absolute Gasteiger partial charge is 0.151 e. The van der Waals surface area contributed by atoms with E-state index in [1.807, 2.05) is 0 Å². The number of nitrogen functional groups attached to an aromatic ring is 1. The normalized spacial score (nSPS) is 10.1. The highest BCUT2D eigenvalue weighted by Crippen LogP contribution is 2.22. The quantitative estimate of drug-likeness (QED) is 0.616. The Morgan fingerprint density at radius 1 is 1.31 bits per heavy atom. The lowest BCUT2D eigenvalue weighted by molar-refractivity contribution is 0.587. The van der Waals surface area contributed by atoms with Crippen molar-refractivity contribution in [3.05, 3.63) is 23.8 Å². The number of benzene rings is 1. The van der Waals surface area contributed by atoms with Crippen LogP contribution in [0.4, 0.5) is 20.2 Å². The summed E-state index contributed by atoms with van der Waals surface area (Å²) >= 11 is 0. The lowest BCUT2D eigenvalue weighted by atomic mass is 10.2. The van der Waals surface area contributed by atoms with E-state index in [0.29, 0.717) is 13.1 Å². The number of hydrogen-bond donors (Lipinski definition) is 3. The minimum absolute atomic E-state index is 0.0881. The zero-order chi connectivity index (χ0) is 9.84. The molecule has 1 aromatic rings. The van der Waals surface area contributed by atoms with E-state index >= 15 is 0 Å². The Kier molecular flexibility index (Phi) is 3.02. The van der Waals surface area contributed by atoms with Crippen molar-refractivity contribution >= 4 is 11.4 Å². The molecule has 72 valence electrons. The van der Waals surface area contributed by atoms with Crippen LogP contribution in [0.5, 0.6) is 0 Å². The molecule has 0 aromatic heterocycles. The Hall–Kier alpha value is -1.36. The maximum atomic E-state index is 12.8. The molecular formula is C8H11F2N3. The summed E-state index contributed by atoms with van der Waals surface area (Å²) in [4.78, 5) is 0. The standard InChI is InChI=1S/C8H11F2N3/c9-5-3-6(10)8(12)7(4-5)13-2-1-11/h3-4,13H,1-2,11-12H2. The molecule has 0 amide bonds. The Bertz CT molecular complexity index is 302. The van der Waals surface area contributed by atoms with Gasteiger partial charge in [-0.3, -0.25) is 0 Å². The number of anilines is 2. The van der Waals surface area contributed by atoms with Gasteiger partial charge < -0.3 is 16.8 Å². The van der Waals surface area contributed by atoms with Gasteiger partial charge in [-0.2, -0.15) is 0 Å². The van der Waals surface area contributed by atoms with Crippen LogP contribution in [-0.2, 0) is 0 Å². The van der Waals surface area contributed by atoms with Crippen molar-refractivity contribution in [1.29, 1.82) is 0 Å². The molecule has 0 fully saturated rings. The summed E-state index contributed by atoms with van der Waals surface area (Å²) in [6, 6.07) is 1.87. The van der Waals surface area contributed by atoms with Crippen molar-refractivity contribution in [3.8, 4) is 0 Å². The summed E-state index contributed by atoms with van der Waals surface area (Å²) in [5.74, 6) is -1.43. The van der Waals surface area contributed by atoms with Crippen LogP contribution < -0.4 is 16.8 Å². The van der Waals surface area contributed by atoms with E-state index in [-0.39, 0.29) is 11.4 Å². The zero-order valence-electron chi connectivity index (χ0n) is 6.98. The first-order valence-electron chi connectivity index (χ1n) is 3.83. The van der Waals surface area contributed by atoms with Crippen molar-refractivity contribution in [3.63, 3.8) is 0 Å². The molecule has 0 atom stereocenters. The van der Waals surface area contributed by atoms with Crippen LogP contribution in [0.15, 0.2) is 12.1 Å². The van der Waals surface area contributed by atoms with Crippen LogP contribution >= 0.6 is 0 Å². The third kappa shape index (κ3) is 2.29. The maximum Gasteiger partial charge on any atom is 0.151 e. The molecule has 0 bridgehead atoms. The molecule has 1 aromatic carbocycles. The largest absolute Gasteiger partial charge is 0.395 e. The van der Waals surface area contributed by atoms with Crippen molar-refractivity contribution in [2.24, 2.45) is 5.73 Å². The van der Waals surface area contributed by atoms with Gasteiger partial charge in [-0.1, -0.05) is 0 Å². The van der Waals surface area contributed by atoms with E-state index in [9.17, 15) is 8.78 Å². The van der Waals surface area contributed by atoms with Crippen molar-refractivity contribution in [2.75, 3.05) is 24.1 Å². The topological polar surface area (TPSA) is 64.1 Å². The van der Waals surface area contributed by atoms with Gasteiger partial charge in [-0.25, -0.2) is 8.78 Å². The summed E-state index contributed by atoms with van der Waals surface area (Å²) in [5, 5.41) is 2.71. The van der Waals surface area contributed by atoms with Gasteiger partial charge in [0.25, 0.3) is 0 Å². The SMILES string of the molecule is NCCNc1cc(F)cc(F)c1N. The van der Waals surface area contributed by atoms with Crippen LogP contribution in [-0.4, -0.2) is 13.1 Å². The van der Waals surface area contributed by atoms with Crippen LogP contribution in [0.25, 0.3) is 0 Å². The van der Waals surface area contributed by atoms with Gasteiger partial charge >= 0.3 is 0 Å². The van der Waals surface area contributed by atoms with Crippen LogP contribution in [0, 0.1) is 11.6 Å². The van der Waals surface area contributed by atoms with Crippen LogP contribution in [0.1, 0.15) is 0 Å². The number of nitrogens with two attached hydrogens (primary N) is 2. The lowest BCUT2D eigenvalue weighted by Gasteiger charge is -2.08. The molecule has 0 aliphatic carbocycles. The molecular weight excluding hydrogens is 176 g/mol. The molecule has 0 heterocycles. The summed E-state index contributed by atoms with van der Waals surface area (Å²) < 4.78 is 25.5. The highest BCUT2D eigenvalue weighted by molar-refractivity contribution is 5.66. The van der Waals surface area contributed by atoms with Gasteiger partial charge in [0.05, 0.1) is 11.4 Å². The molecule has 5 N–H and O–H groups in total. The second-order valence-corrected chi connectivity index (χ2v) is 2.56. The summed E-state index contributed by atoms with van der Waals surface area (Å²) in [7, 11) is 0. The van der Waals surface area contributed by atoms with E-state index in [0.717, 1.165) is 12.1 Å². The van der Waals surface area contributed by atoms with Gasteiger partial charge in [0.15, 0.2) is 5.82 Å². The van der Waals surface area contributed by atoms with Crippen molar-refractivity contribution < 1.29 is 8.78 Å². The first-order chi connectivity index (χ1) is 6.15. The summed E-state index contributed by atoms with van der Waals surface area (Å²) in [5.41, 5.74) is 10.7. The average Bonchev–Trinajstić information content (AvgIpc) is 2.09. The molecule has 0 radical (unpaired) electrons. The van der Waals surface area contributed by atoms with E-state index in [1.165, 1.54) is 0 Å². The third-order valence-corrected chi connectivity index (χ3v) is 1.55.